The fraction of sp³-hybridized carbons (Fsp3) is 0.949. The molecule has 0 heterocycles. The number of unbranched alkanes of at least 4 members (excludes halogenated alkanes) is 37. The van der Waals surface area contributed by atoms with Crippen molar-refractivity contribution in [1.29, 1.82) is 0 Å². The second-order valence-electron chi connectivity index (χ2n) is 21.0. The molecular formula is C59H114O6. The lowest BCUT2D eigenvalue weighted by molar-refractivity contribution is -0.167. The van der Waals surface area contributed by atoms with E-state index in [4.69, 9.17) is 14.2 Å². The average Bonchev–Trinajstić information content (AvgIpc) is 3.29. The van der Waals surface area contributed by atoms with Crippen LogP contribution in [0.25, 0.3) is 0 Å². The van der Waals surface area contributed by atoms with Gasteiger partial charge in [-0.15, -0.1) is 0 Å². The van der Waals surface area contributed by atoms with Crippen LogP contribution in [0.2, 0.25) is 0 Å². The second-order valence-corrected chi connectivity index (χ2v) is 21.0. The normalized spacial score (nSPS) is 12.5. The Morgan fingerprint density at radius 2 is 0.585 bits per heavy atom. The van der Waals surface area contributed by atoms with Gasteiger partial charge < -0.3 is 14.2 Å². The number of hydrogen-bond acceptors (Lipinski definition) is 6. The fourth-order valence-electron chi connectivity index (χ4n) is 9.02. The topological polar surface area (TPSA) is 78.9 Å². The Balaban J connectivity index is 4.22. The van der Waals surface area contributed by atoms with E-state index >= 15 is 0 Å². The van der Waals surface area contributed by atoms with Gasteiger partial charge >= 0.3 is 17.9 Å². The van der Waals surface area contributed by atoms with Crippen LogP contribution in [0, 0.1) is 11.8 Å². The quantitative estimate of drug-likeness (QED) is 0.0344. The molecule has 0 fully saturated rings. The molecule has 0 aromatic carbocycles. The van der Waals surface area contributed by atoms with E-state index in [1.807, 2.05) is 0 Å². The van der Waals surface area contributed by atoms with Gasteiger partial charge in [0.15, 0.2) is 6.10 Å². The van der Waals surface area contributed by atoms with E-state index in [0.29, 0.717) is 19.3 Å². The van der Waals surface area contributed by atoms with Crippen LogP contribution in [-0.4, -0.2) is 37.2 Å². The molecule has 2 atom stereocenters. The minimum atomic E-state index is -0.762. The molecule has 0 aromatic rings. The first-order chi connectivity index (χ1) is 31.8. The van der Waals surface area contributed by atoms with Crippen LogP contribution in [-0.2, 0) is 28.6 Å². The molecule has 65 heavy (non-hydrogen) atoms. The largest absolute Gasteiger partial charge is 0.462 e. The molecule has 0 spiro atoms. The van der Waals surface area contributed by atoms with Gasteiger partial charge in [0.05, 0.1) is 0 Å². The maximum Gasteiger partial charge on any atom is 0.306 e. The van der Waals surface area contributed by atoms with E-state index in [1.54, 1.807) is 0 Å². The van der Waals surface area contributed by atoms with Gasteiger partial charge in [-0.2, -0.15) is 0 Å². The van der Waals surface area contributed by atoms with Crippen molar-refractivity contribution in [2.24, 2.45) is 11.8 Å². The van der Waals surface area contributed by atoms with Crippen molar-refractivity contribution in [3.8, 4) is 0 Å². The smallest absolute Gasteiger partial charge is 0.306 e. The van der Waals surface area contributed by atoms with Gasteiger partial charge in [0.2, 0.25) is 0 Å². The van der Waals surface area contributed by atoms with Gasteiger partial charge in [0.1, 0.15) is 13.2 Å². The van der Waals surface area contributed by atoms with E-state index in [2.05, 4.69) is 34.6 Å². The molecule has 0 bridgehead atoms. The third-order valence-electron chi connectivity index (χ3n) is 13.8. The lowest BCUT2D eigenvalue weighted by atomic mass is 9.99. The predicted octanol–water partition coefficient (Wildman–Crippen LogP) is 19.3. The third-order valence-corrected chi connectivity index (χ3v) is 13.8. The Kier molecular flexibility index (Phi) is 50.5. The Labute approximate surface area is 406 Å². The highest BCUT2D eigenvalue weighted by Crippen LogP contribution is 2.19. The molecule has 0 aromatic heterocycles. The van der Waals surface area contributed by atoms with Crippen molar-refractivity contribution in [2.45, 2.75) is 336 Å². The molecule has 0 aliphatic heterocycles. The molecule has 0 radical (unpaired) electrons. The Bertz CT molecular complexity index is 995. The molecule has 386 valence electrons. The number of esters is 3. The molecule has 6 nitrogen and oxygen atoms in total. The number of carbonyl (C=O) groups is 3. The number of hydrogen-bond donors (Lipinski definition) is 0. The van der Waals surface area contributed by atoms with Crippen molar-refractivity contribution in [2.75, 3.05) is 13.2 Å². The molecule has 0 rings (SSSR count). The van der Waals surface area contributed by atoms with Crippen LogP contribution in [0.3, 0.4) is 0 Å². The zero-order valence-corrected chi connectivity index (χ0v) is 44.6. The molecule has 6 heteroatoms. The molecule has 0 saturated carbocycles. The summed E-state index contributed by atoms with van der Waals surface area (Å²) in [6.45, 7) is 11.4. The standard InChI is InChI=1S/C59H114O6/c1-6-8-9-10-11-12-22-29-34-39-44-49-57(60)63-52-56(53-64-58(61)50-45-40-35-30-26-21-23-27-32-37-42-47-54(3)4)65-59(62)51-46-41-36-31-25-20-18-16-14-13-15-17-19-24-28-33-38-43-48-55(5)7-2/h54-56H,6-53H2,1-5H3/t55?,56-/m0/s1. The van der Waals surface area contributed by atoms with Crippen molar-refractivity contribution in [3.05, 3.63) is 0 Å². The summed E-state index contributed by atoms with van der Waals surface area (Å²) in [7, 11) is 0. The second kappa shape index (κ2) is 51.8. The first kappa shape index (κ1) is 63.4. The van der Waals surface area contributed by atoms with Crippen LogP contribution in [0.15, 0.2) is 0 Å². The fourth-order valence-corrected chi connectivity index (χ4v) is 9.02. The average molecular weight is 920 g/mol. The van der Waals surface area contributed by atoms with Gasteiger partial charge in [-0.1, -0.05) is 291 Å². The van der Waals surface area contributed by atoms with Crippen molar-refractivity contribution < 1.29 is 28.6 Å². The van der Waals surface area contributed by atoms with Gasteiger partial charge in [-0.3, -0.25) is 14.4 Å². The number of rotatable bonds is 53. The minimum absolute atomic E-state index is 0.0628. The zero-order chi connectivity index (χ0) is 47.5. The molecule has 0 N–H and O–H groups in total. The summed E-state index contributed by atoms with van der Waals surface area (Å²) in [6, 6.07) is 0. The summed E-state index contributed by atoms with van der Waals surface area (Å²) in [6.07, 6.45) is 55.2. The first-order valence-electron chi connectivity index (χ1n) is 29.3. The molecule has 1 unspecified atom stereocenters. The lowest BCUT2D eigenvalue weighted by Crippen LogP contribution is -2.30. The zero-order valence-electron chi connectivity index (χ0n) is 44.6. The highest BCUT2D eigenvalue weighted by Gasteiger charge is 2.19. The van der Waals surface area contributed by atoms with Crippen molar-refractivity contribution in [1.82, 2.24) is 0 Å². The Hall–Kier alpha value is -1.59. The van der Waals surface area contributed by atoms with E-state index in [1.165, 1.54) is 218 Å². The highest BCUT2D eigenvalue weighted by molar-refractivity contribution is 5.71. The van der Waals surface area contributed by atoms with Crippen LogP contribution in [0.1, 0.15) is 330 Å². The molecule has 0 amide bonds. The molecule has 0 aliphatic carbocycles. The molecule has 0 aliphatic rings. The summed E-state index contributed by atoms with van der Waals surface area (Å²) in [5, 5.41) is 0. The summed E-state index contributed by atoms with van der Waals surface area (Å²) in [4.78, 5) is 38.1. The summed E-state index contributed by atoms with van der Waals surface area (Å²) >= 11 is 0. The highest BCUT2D eigenvalue weighted by atomic mass is 16.6. The van der Waals surface area contributed by atoms with Gasteiger partial charge in [-0.25, -0.2) is 0 Å². The summed E-state index contributed by atoms with van der Waals surface area (Å²) < 4.78 is 16.9. The van der Waals surface area contributed by atoms with Gasteiger partial charge in [-0.05, 0) is 31.1 Å². The summed E-state index contributed by atoms with van der Waals surface area (Å²) in [5.74, 6) is 0.896. The van der Waals surface area contributed by atoms with Crippen LogP contribution in [0.4, 0.5) is 0 Å². The lowest BCUT2D eigenvalue weighted by Gasteiger charge is -2.18. The maximum atomic E-state index is 12.9. The van der Waals surface area contributed by atoms with Gasteiger partial charge in [0, 0.05) is 19.3 Å². The van der Waals surface area contributed by atoms with E-state index in [9.17, 15) is 14.4 Å². The van der Waals surface area contributed by atoms with Crippen molar-refractivity contribution in [3.63, 3.8) is 0 Å². The van der Waals surface area contributed by atoms with E-state index in [-0.39, 0.29) is 31.1 Å². The van der Waals surface area contributed by atoms with Crippen LogP contribution in [0.5, 0.6) is 0 Å². The molecule has 0 saturated heterocycles. The van der Waals surface area contributed by atoms with Crippen molar-refractivity contribution >= 4 is 17.9 Å². The Morgan fingerprint density at radius 1 is 0.323 bits per heavy atom. The number of carbonyl (C=O) groups excluding carboxylic acids is 3. The maximum absolute atomic E-state index is 12.9. The van der Waals surface area contributed by atoms with E-state index in [0.717, 1.165) is 69.6 Å². The number of ether oxygens (including phenoxy) is 3. The SMILES string of the molecule is CCCCCCCCCCCCCC(=O)OC[C@@H](COC(=O)CCCCCCCCCCCCCC(C)C)OC(=O)CCCCCCCCCCCCCCCCCCCCC(C)CC. The Morgan fingerprint density at radius 3 is 0.877 bits per heavy atom. The minimum Gasteiger partial charge on any atom is -0.462 e. The third kappa shape index (κ3) is 51.6. The van der Waals surface area contributed by atoms with Crippen LogP contribution >= 0.6 is 0 Å². The van der Waals surface area contributed by atoms with Crippen LogP contribution < -0.4 is 0 Å². The summed E-state index contributed by atoms with van der Waals surface area (Å²) in [5.41, 5.74) is 0. The predicted molar refractivity (Wildman–Crippen MR) is 280 cm³/mol. The first-order valence-corrected chi connectivity index (χ1v) is 29.3. The monoisotopic (exact) mass is 919 g/mol. The molecular weight excluding hydrogens is 805 g/mol. The van der Waals surface area contributed by atoms with E-state index < -0.39 is 6.10 Å². The van der Waals surface area contributed by atoms with Gasteiger partial charge in [0.25, 0.3) is 0 Å².